The van der Waals surface area contributed by atoms with Crippen LogP contribution in [0.3, 0.4) is 0 Å². The van der Waals surface area contributed by atoms with Crippen LogP contribution in [0, 0.1) is 0 Å². The molecular weight excluding hydrogens is 1560 g/mol. The quantitative estimate of drug-likeness (QED) is 0.0352. The molecule has 122 heavy (non-hydrogen) atoms. The van der Waals surface area contributed by atoms with Gasteiger partial charge < -0.3 is 100 Å². The van der Waals surface area contributed by atoms with E-state index >= 15 is 0 Å². The second kappa shape index (κ2) is 45.1. The van der Waals surface area contributed by atoms with E-state index in [0.29, 0.717) is 5.56 Å². The van der Waals surface area contributed by atoms with Gasteiger partial charge in [0, 0.05) is 12.5 Å². The average molecular weight is 1660 g/mol. The van der Waals surface area contributed by atoms with E-state index in [1.165, 1.54) is 14.0 Å². The molecule has 1 N–H and O–H groups in total. The Labute approximate surface area is 712 Å². The first-order chi connectivity index (χ1) is 60.1. The number of methoxy groups -OCH3 is 1. The Bertz CT molecular complexity index is 4670. The van der Waals surface area contributed by atoms with Crippen molar-refractivity contribution in [2.45, 2.75) is 202 Å². The Morgan fingerprint density at radius 3 is 1.07 bits per heavy atom. The molecule has 23 heteroatoms. The molecule has 10 aromatic rings. The summed E-state index contributed by atoms with van der Waals surface area (Å²) in [5.41, 5.74) is 8.54. The van der Waals surface area contributed by atoms with Crippen molar-refractivity contribution < 1.29 is 104 Å². The fourth-order valence-corrected chi connectivity index (χ4v) is 15.8. The number of carbonyl (C=O) groups is 2. The van der Waals surface area contributed by atoms with E-state index in [1.807, 2.05) is 310 Å². The van der Waals surface area contributed by atoms with E-state index < -0.39 is 148 Å². The maximum Gasteiger partial charge on any atom is 0.331 e. The molecule has 5 saturated heterocycles. The van der Waals surface area contributed by atoms with Gasteiger partial charge in [0.15, 0.2) is 31.5 Å². The highest BCUT2D eigenvalue weighted by Gasteiger charge is 2.60. The van der Waals surface area contributed by atoms with E-state index in [0.717, 1.165) is 50.1 Å². The molecule has 5 fully saturated rings. The lowest BCUT2D eigenvalue weighted by atomic mass is 9.93. The number of rotatable bonds is 40. The van der Waals surface area contributed by atoms with Gasteiger partial charge in [0.1, 0.15) is 98.1 Å². The number of hydrogen-bond acceptors (Lipinski definition) is 22. The predicted molar refractivity (Wildman–Crippen MR) is 448 cm³/mol. The second-order valence-corrected chi connectivity index (χ2v) is 30.8. The molecule has 1 amide bonds. The third kappa shape index (κ3) is 24.2. The van der Waals surface area contributed by atoms with E-state index in [-0.39, 0.29) is 79.3 Å². The monoisotopic (exact) mass is 1660 g/mol. The fraction of sp³-hybridized carbons (Fsp3) is 0.374. The van der Waals surface area contributed by atoms with Crippen LogP contribution >= 0.6 is 0 Å². The first-order valence-corrected chi connectivity index (χ1v) is 41.8. The lowest BCUT2D eigenvalue weighted by Gasteiger charge is -2.54. The number of fused-ring (bicyclic) bond motifs is 1. The van der Waals surface area contributed by atoms with Gasteiger partial charge in [-0.1, -0.05) is 303 Å². The highest BCUT2D eigenvalue weighted by Crippen LogP contribution is 2.43. The molecule has 0 spiro atoms. The minimum atomic E-state index is -1.57. The molecule has 0 unspecified atom stereocenters. The highest BCUT2D eigenvalue weighted by atomic mass is 16.8. The molecule has 5 aliphatic rings. The van der Waals surface area contributed by atoms with E-state index in [4.69, 9.17) is 94.7 Å². The summed E-state index contributed by atoms with van der Waals surface area (Å²) in [6, 6.07) is 96.4. The molecule has 0 bridgehead atoms. The standard InChI is InChI=1S/C99H107NO22/c1-67-84(106-56-71-38-18-6-19-39-71)89(109-59-74-44-24-9-25-45-74)92(111-61-76-48-28-11-29-49-76)98(115-67)122-94-90(110-60-75-46-26-10-27-47-75)85(107-57-72-40-20-7-21-41-72)79(63-104-54-69-34-14-4-15-35-69)118-99(94)120-88-83(100-68(2)101)96(116-81-65-113-95(119-87(81)88)78-52-32-13-33-53-78)121-91-86(108-58-73-42-22-8-23-43-73)80(64-105-55-70-36-16-5-17-37-70)117-97(114-66-82(102)103-3)93(91)112-62-77-50-30-12-31-51-77/h4-53,67,79-81,83-99H,54-66H2,1-3H3,(H,100,101)/t67-,79+,80+,81+,83+,84+,85-,86-,87-,88+,89+,90-,91-,92-,93+,94+,95-,96-,97-,98-,99-/m0/s1. The number of nitrogens with one attached hydrogen (secondary N) is 1. The molecule has 0 aliphatic carbocycles. The first-order valence-electron chi connectivity index (χ1n) is 41.8. The Kier molecular flexibility index (Phi) is 32.3. The average Bonchev–Trinajstić information content (AvgIpc) is 0.745. The van der Waals surface area contributed by atoms with Gasteiger partial charge in [-0.25, -0.2) is 4.79 Å². The molecule has 0 aromatic heterocycles. The zero-order valence-corrected chi connectivity index (χ0v) is 68.7. The third-order valence-corrected chi connectivity index (χ3v) is 21.9. The summed E-state index contributed by atoms with van der Waals surface area (Å²) in [6.07, 6.45) is -23.1. The minimum Gasteiger partial charge on any atom is -0.467 e. The summed E-state index contributed by atoms with van der Waals surface area (Å²) in [5, 5.41) is 3.27. The van der Waals surface area contributed by atoms with Crippen molar-refractivity contribution in [2.24, 2.45) is 0 Å². The molecule has 15 rings (SSSR count). The summed E-state index contributed by atoms with van der Waals surface area (Å²) in [7, 11) is 1.27. The van der Waals surface area contributed by atoms with Crippen LogP contribution in [0.4, 0.5) is 0 Å². The van der Waals surface area contributed by atoms with Gasteiger partial charge in [0.05, 0.1) is 92.5 Å². The highest BCUT2D eigenvalue weighted by molar-refractivity contribution is 5.73. The van der Waals surface area contributed by atoms with E-state index in [1.54, 1.807) is 0 Å². The van der Waals surface area contributed by atoms with Crippen LogP contribution in [0.2, 0.25) is 0 Å². The normalized spacial score (nSPS) is 27.7. The summed E-state index contributed by atoms with van der Waals surface area (Å²) >= 11 is 0. The molecule has 0 saturated carbocycles. The zero-order valence-electron chi connectivity index (χ0n) is 68.7. The van der Waals surface area contributed by atoms with Gasteiger partial charge in [0.25, 0.3) is 0 Å². The summed E-state index contributed by atoms with van der Waals surface area (Å²) in [4.78, 5) is 28.2. The van der Waals surface area contributed by atoms with Crippen molar-refractivity contribution in [3.63, 3.8) is 0 Å². The van der Waals surface area contributed by atoms with Gasteiger partial charge in [-0.05, 0) is 57.0 Å². The SMILES string of the molecule is COC(=O)CO[C@H]1O[C@H](COCc2ccccc2)[C@H](OCc2ccccc2)[C@H](O[C@@H]2O[C@@H]3CO[C@H](c4ccccc4)O[C@@H]3[C@H](O[C@@H]3O[C@H](COCc4ccccc4)[C@H](OCc4ccccc4)[C@H](OCc4ccccc4)[C@H]3O[C@@H]3O[C@@H](C)[C@@H](OCc4ccccc4)[C@@H](OCc4ccccc4)[C@@H]3OCc3ccccc3)[C@H]2NC(C)=O)[C@H]1OCc1ccccc1. The third-order valence-electron chi connectivity index (χ3n) is 21.9. The van der Waals surface area contributed by atoms with Gasteiger partial charge >= 0.3 is 5.97 Å². The maximum atomic E-state index is 14.8. The van der Waals surface area contributed by atoms with Crippen LogP contribution in [0.25, 0.3) is 0 Å². The number of hydrogen-bond donors (Lipinski definition) is 1. The topological polar surface area (TPSA) is 231 Å². The van der Waals surface area contributed by atoms with Crippen molar-refractivity contribution in [2.75, 3.05) is 33.5 Å². The summed E-state index contributed by atoms with van der Waals surface area (Å²) in [5.74, 6) is -1.19. The Hall–Kier alpha value is -9.62. The molecule has 5 heterocycles. The molecule has 5 aliphatic heterocycles. The van der Waals surface area contributed by atoms with Gasteiger partial charge in [0.2, 0.25) is 5.91 Å². The van der Waals surface area contributed by atoms with Crippen molar-refractivity contribution in [3.8, 4) is 0 Å². The molecule has 10 aromatic carbocycles. The molecule has 640 valence electrons. The second-order valence-electron chi connectivity index (χ2n) is 30.8. The van der Waals surface area contributed by atoms with E-state index in [2.05, 4.69) is 5.32 Å². The summed E-state index contributed by atoms with van der Waals surface area (Å²) < 4.78 is 143. The first kappa shape index (κ1) is 87.3. The lowest BCUT2D eigenvalue weighted by Crippen LogP contribution is -2.71. The van der Waals surface area contributed by atoms with Crippen molar-refractivity contribution in [3.05, 3.63) is 359 Å². The maximum absolute atomic E-state index is 14.8. The Balaban J connectivity index is 0.879. The number of esters is 1. The van der Waals surface area contributed by atoms with Crippen molar-refractivity contribution >= 4 is 11.9 Å². The number of amides is 1. The smallest absolute Gasteiger partial charge is 0.331 e. The van der Waals surface area contributed by atoms with E-state index in [9.17, 15) is 9.59 Å². The number of ether oxygens (including phenoxy) is 20. The molecule has 23 nitrogen and oxygen atoms in total. The lowest BCUT2D eigenvalue weighted by molar-refractivity contribution is -0.410. The zero-order chi connectivity index (χ0) is 83.4. The molecular formula is C99H107NO22. The van der Waals surface area contributed by atoms with Crippen LogP contribution < -0.4 is 5.32 Å². The molecule has 0 radical (unpaired) electrons. The Morgan fingerprint density at radius 1 is 0.328 bits per heavy atom. The minimum absolute atomic E-state index is 0.00383. The van der Waals surface area contributed by atoms with Gasteiger partial charge in [-0.3, -0.25) is 4.79 Å². The summed E-state index contributed by atoms with van der Waals surface area (Å²) in [6.45, 7) is 3.55. The van der Waals surface area contributed by atoms with Crippen LogP contribution in [-0.4, -0.2) is 168 Å². The Morgan fingerprint density at radius 2 is 0.656 bits per heavy atom. The molecule has 21 atom stereocenters. The number of carbonyl (C=O) groups excluding carboxylic acids is 2. The van der Waals surface area contributed by atoms with Crippen molar-refractivity contribution in [1.82, 2.24) is 5.32 Å². The van der Waals surface area contributed by atoms with Crippen molar-refractivity contribution in [1.29, 1.82) is 0 Å². The van der Waals surface area contributed by atoms with Gasteiger partial charge in [-0.15, -0.1) is 0 Å². The largest absolute Gasteiger partial charge is 0.467 e. The van der Waals surface area contributed by atoms with Crippen LogP contribution in [0.5, 0.6) is 0 Å². The predicted octanol–water partition coefficient (Wildman–Crippen LogP) is 14.4. The van der Waals surface area contributed by atoms with Crippen LogP contribution in [0.15, 0.2) is 303 Å². The number of benzene rings is 10. The fourth-order valence-electron chi connectivity index (χ4n) is 15.8. The van der Waals surface area contributed by atoms with Crippen LogP contribution in [0.1, 0.15) is 75.8 Å². The van der Waals surface area contributed by atoms with Gasteiger partial charge in [-0.2, -0.15) is 0 Å². The van der Waals surface area contributed by atoms with Crippen LogP contribution in [-0.2, 0) is 164 Å².